The molecule has 16 heavy (non-hydrogen) atoms. The van der Waals surface area contributed by atoms with Gasteiger partial charge in [-0.1, -0.05) is 0 Å². The maximum Gasteiger partial charge on any atom is 0.469 e. The van der Waals surface area contributed by atoms with E-state index in [0.29, 0.717) is 0 Å². The molecule has 1 saturated heterocycles. The van der Waals surface area contributed by atoms with Gasteiger partial charge in [0.1, 0.15) is 30.6 Å². The number of hydrogen-bond donors (Lipinski definition) is 6. The molecular weight excluding hydrogens is 245 g/mol. The van der Waals surface area contributed by atoms with Crippen LogP contribution in [0.1, 0.15) is 0 Å². The van der Waals surface area contributed by atoms with Gasteiger partial charge in [-0.3, -0.25) is 4.52 Å². The normalized spacial score (nSPS) is 41.0. The first-order chi connectivity index (χ1) is 7.22. The number of aliphatic hydroxyl groups is 3. The summed E-state index contributed by atoms with van der Waals surface area (Å²) in [5.74, 6) is 0. The second-order valence-electron chi connectivity index (χ2n) is 3.40. The van der Waals surface area contributed by atoms with Crippen LogP contribution in [0, 0.1) is 0 Å². The van der Waals surface area contributed by atoms with E-state index in [-0.39, 0.29) is 0 Å². The van der Waals surface area contributed by atoms with Crippen molar-refractivity contribution in [2.45, 2.75) is 30.6 Å². The van der Waals surface area contributed by atoms with Crippen LogP contribution in [0.25, 0.3) is 0 Å². The fraction of sp³-hybridized carbons (Fsp3) is 1.00. The van der Waals surface area contributed by atoms with Crippen molar-refractivity contribution >= 4 is 7.82 Å². The lowest BCUT2D eigenvalue weighted by atomic mass is 9.99. The van der Waals surface area contributed by atoms with Crippen molar-refractivity contribution in [1.29, 1.82) is 0 Å². The summed E-state index contributed by atoms with van der Waals surface area (Å²) >= 11 is 0. The quantitative estimate of drug-likeness (QED) is 0.287. The van der Waals surface area contributed by atoms with Crippen molar-refractivity contribution in [1.82, 2.24) is 0 Å². The highest BCUT2D eigenvalue weighted by Crippen LogP contribution is 2.36. The van der Waals surface area contributed by atoms with Crippen molar-refractivity contribution in [3.8, 4) is 0 Å². The highest BCUT2D eigenvalue weighted by Gasteiger charge is 2.42. The van der Waals surface area contributed by atoms with Crippen molar-refractivity contribution in [2.24, 2.45) is 5.73 Å². The third-order valence-corrected chi connectivity index (χ3v) is 2.64. The van der Waals surface area contributed by atoms with E-state index >= 15 is 0 Å². The zero-order valence-electron chi connectivity index (χ0n) is 8.08. The van der Waals surface area contributed by atoms with Crippen molar-refractivity contribution < 1.29 is 38.9 Å². The van der Waals surface area contributed by atoms with Gasteiger partial charge in [-0.25, -0.2) is 4.57 Å². The molecule has 0 aromatic rings. The largest absolute Gasteiger partial charge is 0.469 e. The molecule has 0 bridgehead atoms. The summed E-state index contributed by atoms with van der Waals surface area (Å²) in [7, 11) is -4.69. The van der Waals surface area contributed by atoms with E-state index in [2.05, 4.69) is 4.52 Å². The maximum atomic E-state index is 10.4. The zero-order chi connectivity index (χ0) is 12.5. The van der Waals surface area contributed by atoms with E-state index < -0.39 is 45.1 Å². The molecule has 1 unspecified atom stereocenters. The summed E-state index contributed by atoms with van der Waals surface area (Å²) in [6.07, 6.45) is -7.05. The summed E-state index contributed by atoms with van der Waals surface area (Å²) in [6, 6.07) is 0. The molecule has 1 rings (SSSR count). The summed E-state index contributed by atoms with van der Waals surface area (Å²) in [4.78, 5) is 16.9. The molecule has 5 atom stereocenters. The molecule has 0 spiro atoms. The first-order valence-corrected chi connectivity index (χ1v) is 5.91. The molecule has 1 aliphatic heterocycles. The van der Waals surface area contributed by atoms with Gasteiger partial charge in [0.2, 0.25) is 0 Å². The van der Waals surface area contributed by atoms with Gasteiger partial charge in [-0.05, 0) is 0 Å². The van der Waals surface area contributed by atoms with Crippen molar-refractivity contribution in [2.75, 3.05) is 6.61 Å². The Balaban J connectivity index is 2.57. The number of ether oxygens (including phenoxy) is 1. The number of phosphoric acid groups is 1. The topological polar surface area (TPSA) is 163 Å². The molecule has 0 aromatic heterocycles. The lowest BCUT2D eigenvalue weighted by Crippen LogP contribution is -2.61. The molecule has 1 fully saturated rings. The Hall–Kier alpha value is -0.0900. The predicted molar refractivity (Wildman–Crippen MR) is 48.9 cm³/mol. The van der Waals surface area contributed by atoms with Gasteiger partial charge in [0.05, 0.1) is 6.61 Å². The molecule has 10 heteroatoms. The predicted octanol–water partition coefficient (Wildman–Crippen LogP) is -3.14. The molecule has 9 nitrogen and oxygen atoms in total. The highest BCUT2D eigenvalue weighted by atomic mass is 31.2. The highest BCUT2D eigenvalue weighted by molar-refractivity contribution is 7.46. The van der Waals surface area contributed by atoms with Gasteiger partial charge < -0.3 is 35.6 Å². The third kappa shape index (κ3) is 3.45. The molecule has 0 amide bonds. The van der Waals surface area contributed by atoms with Crippen LogP contribution in [-0.2, 0) is 13.8 Å². The molecule has 0 aliphatic carbocycles. The lowest BCUT2D eigenvalue weighted by Gasteiger charge is -2.38. The van der Waals surface area contributed by atoms with E-state index in [9.17, 15) is 19.9 Å². The number of hydrogen-bond acceptors (Lipinski definition) is 7. The monoisotopic (exact) mass is 259 g/mol. The minimum absolute atomic E-state index is 0.650. The molecule has 96 valence electrons. The standard InChI is InChI=1S/C6H14NO8P/c7-6-5(10)4(9)3(8)2(15-6)1-14-16(11,12)13/h2-6,8-10H,1,7H2,(H2,11,12,13)/t2-,3-,4+,5-,6?/m1/s1. The average molecular weight is 259 g/mol. The number of aliphatic hydroxyl groups excluding tert-OH is 3. The first kappa shape index (κ1) is 14.0. The Bertz CT molecular complexity index is 282. The minimum atomic E-state index is -4.69. The van der Waals surface area contributed by atoms with Crippen LogP contribution < -0.4 is 5.73 Å². The average Bonchev–Trinajstić information content (AvgIpc) is 2.17. The van der Waals surface area contributed by atoms with Gasteiger partial charge in [-0.15, -0.1) is 0 Å². The molecule has 1 heterocycles. The Morgan fingerprint density at radius 2 is 1.75 bits per heavy atom. The van der Waals surface area contributed by atoms with Gasteiger partial charge in [0.25, 0.3) is 0 Å². The molecule has 0 aromatic carbocycles. The molecule has 1 aliphatic rings. The SMILES string of the molecule is NC1O[C@H](COP(=O)(O)O)[C@@H](O)[C@H](O)[C@H]1O. The molecule has 0 radical (unpaired) electrons. The Labute approximate surface area is 90.6 Å². The lowest BCUT2D eigenvalue weighted by molar-refractivity contribution is -0.226. The second-order valence-corrected chi connectivity index (χ2v) is 4.64. The van der Waals surface area contributed by atoms with Crippen LogP contribution in [-0.4, -0.2) is 62.4 Å². The Morgan fingerprint density at radius 1 is 1.19 bits per heavy atom. The third-order valence-electron chi connectivity index (χ3n) is 2.16. The molecule has 0 saturated carbocycles. The zero-order valence-corrected chi connectivity index (χ0v) is 8.97. The van der Waals surface area contributed by atoms with Crippen molar-refractivity contribution in [3.05, 3.63) is 0 Å². The van der Waals surface area contributed by atoms with Crippen LogP contribution in [0.15, 0.2) is 0 Å². The van der Waals surface area contributed by atoms with Crippen LogP contribution in [0.3, 0.4) is 0 Å². The number of rotatable bonds is 3. The number of phosphoric ester groups is 1. The van der Waals surface area contributed by atoms with E-state index in [4.69, 9.17) is 20.3 Å². The molecular formula is C6H14NO8P. The maximum absolute atomic E-state index is 10.4. The Morgan fingerprint density at radius 3 is 2.25 bits per heavy atom. The Kier molecular flexibility index (Phi) is 4.41. The van der Waals surface area contributed by atoms with Gasteiger partial charge in [0, 0.05) is 0 Å². The number of nitrogens with two attached hydrogens (primary N) is 1. The smallest absolute Gasteiger partial charge is 0.387 e. The van der Waals surface area contributed by atoms with Crippen LogP contribution in [0.4, 0.5) is 0 Å². The van der Waals surface area contributed by atoms with E-state index in [0.717, 1.165) is 0 Å². The van der Waals surface area contributed by atoms with Gasteiger partial charge in [-0.2, -0.15) is 0 Å². The van der Waals surface area contributed by atoms with Crippen LogP contribution in [0.5, 0.6) is 0 Å². The summed E-state index contributed by atoms with van der Waals surface area (Å²) < 4.78 is 19.3. The first-order valence-electron chi connectivity index (χ1n) is 4.37. The van der Waals surface area contributed by atoms with Crippen molar-refractivity contribution in [3.63, 3.8) is 0 Å². The summed E-state index contributed by atoms with van der Waals surface area (Å²) in [5, 5.41) is 27.9. The summed E-state index contributed by atoms with van der Waals surface area (Å²) in [6.45, 7) is -0.650. The second kappa shape index (κ2) is 5.05. The van der Waals surface area contributed by atoms with Crippen LogP contribution >= 0.6 is 7.82 Å². The van der Waals surface area contributed by atoms with Gasteiger partial charge in [0.15, 0.2) is 0 Å². The van der Waals surface area contributed by atoms with Gasteiger partial charge >= 0.3 is 7.82 Å². The fourth-order valence-corrected chi connectivity index (χ4v) is 1.63. The van der Waals surface area contributed by atoms with E-state index in [1.807, 2.05) is 0 Å². The van der Waals surface area contributed by atoms with Crippen LogP contribution in [0.2, 0.25) is 0 Å². The molecule has 7 N–H and O–H groups in total. The van der Waals surface area contributed by atoms with E-state index in [1.165, 1.54) is 0 Å². The van der Waals surface area contributed by atoms with E-state index in [1.54, 1.807) is 0 Å². The summed E-state index contributed by atoms with van der Waals surface area (Å²) in [5.41, 5.74) is 5.27. The fourth-order valence-electron chi connectivity index (χ4n) is 1.29. The minimum Gasteiger partial charge on any atom is -0.387 e.